The number of aliphatic hydroxyl groups is 2. The van der Waals surface area contributed by atoms with Gasteiger partial charge < -0.3 is 15.1 Å². The lowest BCUT2D eigenvalue weighted by Crippen LogP contribution is -2.47. The zero-order valence-corrected chi connectivity index (χ0v) is 18.4. The van der Waals surface area contributed by atoms with Gasteiger partial charge >= 0.3 is 0 Å². The second-order valence-corrected chi connectivity index (χ2v) is 8.15. The van der Waals surface area contributed by atoms with Gasteiger partial charge in [0.05, 0.1) is 11.6 Å². The molecule has 0 spiro atoms. The van der Waals surface area contributed by atoms with E-state index in [9.17, 15) is 24.2 Å². The smallest absolute Gasteiger partial charge is 0.255 e. The standard InChI is InChI=1S/C25H22ClFN2O4/c26-19-7-3-6-17(14-19)21-8-4-12-29(21)25(33)24(32)23(31)22(30)9-2-1-5-16-10-11-20(27)18(13-16)15-28/h3,6-7,10-11,13-14,21,23-24,31-32H,2,4,8-9,12H2/t21?,23-,24+/m0/s1. The molecule has 1 fully saturated rings. The van der Waals surface area contributed by atoms with Gasteiger partial charge in [-0.2, -0.15) is 5.26 Å². The van der Waals surface area contributed by atoms with Gasteiger partial charge in [-0.25, -0.2) is 4.39 Å². The Morgan fingerprint density at radius 3 is 2.73 bits per heavy atom. The number of aliphatic hydroxyl groups excluding tert-OH is 2. The van der Waals surface area contributed by atoms with Crippen molar-refractivity contribution >= 4 is 23.3 Å². The molecule has 3 atom stereocenters. The molecule has 1 aliphatic rings. The molecule has 1 saturated heterocycles. The average Bonchev–Trinajstić information content (AvgIpc) is 3.31. The van der Waals surface area contributed by atoms with E-state index in [-0.39, 0.29) is 24.4 Å². The molecule has 0 aliphatic carbocycles. The molecule has 1 amide bonds. The molecular weight excluding hydrogens is 447 g/mol. The molecule has 3 rings (SSSR count). The van der Waals surface area contributed by atoms with Gasteiger partial charge in [0.2, 0.25) is 0 Å². The molecule has 1 aliphatic heterocycles. The van der Waals surface area contributed by atoms with Crippen LogP contribution >= 0.6 is 11.6 Å². The van der Waals surface area contributed by atoms with Gasteiger partial charge in [-0.15, -0.1) is 0 Å². The van der Waals surface area contributed by atoms with Gasteiger partial charge in [0.1, 0.15) is 18.0 Å². The van der Waals surface area contributed by atoms with Crippen molar-refractivity contribution in [3.05, 3.63) is 70.0 Å². The minimum atomic E-state index is -1.87. The van der Waals surface area contributed by atoms with Crippen LogP contribution in [-0.4, -0.2) is 45.6 Å². The fraction of sp³-hybridized carbons (Fsp3) is 0.320. The van der Waals surface area contributed by atoms with E-state index in [1.165, 1.54) is 17.0 Å². The van der Waals surface area contributed by atoms with Crippen LogP contribution in [0, 0.1) is 29.0 Å². The minimum Gasteiger partial charge on any atom is -0.382 e. The van der Waals surface area contributed by atoms with Crippen LogP contribution in [0.3, 0.4) is 0 Å². The van der Waals surface area contributed by atoms with Crippen LogP contribution in [0.1, 0.15) is 48.4 Å². The van der Waals surface area contributed by atoms with Crippen molar-refractivity contribution in [1.29, 1.82) is 5.26 Å². The maximum atomic E-state index is 13.3. The Morgan fingerprint density at radius 2 is 2.00 bits per heavy atom. The zero-order valence-electron chi connectivity index (χ0n) is 17.7. The van der Waals surface area contributed by atoms with E-state index in [0.29, 0.717) is 23.6 Å². The highest BCUT2D eigenvalue weighted by Gasteiger charge is 2.38. The molecule has 0 radical (unpaired) electrons. The van der Waals surface area contributed by atoms with Crippen LogP contribution in [-0.2, 0) is 9.59 Å². The molecule has 170 valence electrons. The quantitative estimate of drug-likeness (QED) is 0.634. The molecule has 0 aromatic heterocycles. The molecule has 1 unspecified atom stereocenters. The topological polar surface area (TPSA) is 102 Å². The van der Waals surface area contributed by atoms with Crippen LogP contribution in [0.5, 0.6) is 0 Å². The molecule has 6 nitrogen and oxygen atoms in total. The summed E-state index contributed by atoms with van der Waals surface area (Å²) in [5.74, 6) is 3.37. The largest absolute Gasteiger partial charge is 0.382 e. The molecule has 1 heterocycles. The second-order valence-electron chi connectivity index (χ2n) is 7.71. The maximum absolute atomic E-state index is 13.3. The Balaban J connectivity index is 1.58. The van der Waals surface area contributed by atoms with E-state index in [1.807, 2.05) is 6.07 Å². The molecule has 0 saturated carbocycles. The summed E-state index contributed by atoms with van der Waals surface area (Å²) in [4.78, 5) is 26.6. The predicted octanol–water partition coefficient (Wildman–Crippen LogP) is 3.14. The summed E-state index contributed by atoms with van der Waals surface area (Å²) in [7, 11) is 0. The van der Waals surface area contributed by atoms with Crippen LogP contribution < -0.4 is 0 Å². The van der Waals surface area contributed by atoms with Crippen molar-refractivity contribution in [3.8, 4) is 17.9 Å². The summed E-state index contributed by atoms with van der Waals surface area (Å²) in [6.45, 7) is 0.405. The third kappa shape index (κ3) is 5.97. The number of carbonyl (C=O) groups is 2. The third-order valence-corrected chi connectivity index (χ3v) is 5.70. The summed E-state index contributed by atoms with van der Waals surface area (Å²) in [6.07, 6.45) is -2.44. The molecule has 8 heteroatoms. The van der Waals surface area contributed by atoms with Gasteiger partial charge in [-0.1, -0.05) is 35.6 Å². The fourth-order valence-corrected chi connectivity index (χ4v) is 3.96. The highest BCUT2D eigenvalue weighted by Crippen LogP contribution is 2.33. The van der Waals surface area contributed by atoms with Crippen molar-refractivity contribution in [3.63, 3.8) is 0 Å². The predicted molar refractivity (Wildman–Crippen MR) is 119 cm³/mol. The number of halogens is 2. The Bertz CT molecular complexity index is 1150. The van der Waals surface area contributed by atoms with E-state index < -0.39 is 29.7 Å². The van der Waals surface area contributed by atoms with Gasteiger partial charge in [0, 0.05) is 30.0 Å². The second kappa shape index (κ2) is 11.1. The van der Waals surface area contributed by atoms with Crippen molar-refractivity contribution in [1.82, 2.24) is 4.90 Å². The van der Waals surface area contributed by atoms with Gasteiger partial charge in [-0.3, -0.25) is 9.59 Å². The number of rotatable bonds is 6. The Morgan fingerprint density at radius 1 is 1.21 bits per heavy atom. The van der Waals surface area contributed by atoms with E-state index >= 15 is 0 Å². The first kappa shape index (κ1) is 24.4. The number of amides is 1. The summed E-state index contributed by atoms with van der Waals surface area (Å²) >= 11 is 6.05. The number of hydrogen-bond donors (Lipinski definition) is 2. The monoisotopic (exact) mass is 468 g/mol. The summed E-state index contributed by atoms with van der Waals surface area (Å²) in [5, 5.41) is 30.0. The number of ketones is 1. The van der Waals surface area contributed by atoms with E-state index in [1.54, 1.807) is 24.3 Å². The Kier molecular flexibility index (Phi) is 8.19. The first-order valence-electron chi connectivity index (χ1n) is 10.4. The molecule has 33 heavy (non-hydrogen) atoms. The lowest BCUT2D eigenvalue weighted by molar-refractivity contribution is -0.153. The number of nitriles is 1. The van der Waals surface area contributed by atoms with E-state index in [0.717, 1.165) is 18.1 Å². The average molecular weight is 469 g/mol. The maximum Gasteiger partial charge on any atom is 0.255 e. The summed E-state index contributed by atoms with van der Waals surface area (Å²) in [5.41, 5.74) is 1.11. The van der Waals surface area contributed by atoms with Crippen molar-refractivity contribution in [2.75, 3.05) is 6.54 Å². The van der Waals surface area contributed by atoms with Crippen LogP contribution in [0.25, 0.3) is 0 Å². The fourth-order valence-electron chi connectivity index (χ4n) is 3.76. The van der Waals surface area contributed by atoms with Gasteiger partial charge in [-0.05, 0) is 48.7 Å². The summed E-state index contributed by atoms with van der Waals surface area (Å²) in [6, 6.07) is 12.4. The lowest BCUT2D eigenvalue weighted by Gasteiger charge is -2.28. The Hall–Kier alpha value is -3.23. The molecular formula is C25H22ClFN2O4. The minimum absolute atomic E-state index is 0.0604. The normalized spacial score (nSPS) is 16.9. The van der Waals surface area contributed by atoms with Gasteiger partial charge in [0.15, 0.2) is 11.9 Å². The molecule has 2 N–H and O–H groups in total. The van der Waals surface area contributed by atoms with Crippen LogP contribution in [0.4, 0.5) is 4.39 Å². The first-order valence-corrected chi connectivity index (χ1v) is 10.8. The van der Waals surface area contributed by atoms with Crippen LogP contribution in [0.2, 0.25) is 5.02 Å². The lowest BCUT2D eigenvalue weighted by atomic mass is 10.0. The van der Waals surface area contributed by atoms with Gasteiger partial charge in [0.25, 0.3) is 5.91 Å². The van der Waals surface area contributed by atoms with Crippen molar-refractivity contribution in [2.24, 2.45) is 0 Å². The third-order valence-electron chi connectivity index (χ3n) is 5.47. The van der Waals surface area contributed by atoms with Crippen molar-refractivity contribution < 1.29 is 24.2 Å². The number of benzene rings is 2. The van der Waals surface area contributed by atoms with Crippen LogP contribution in [0.15, 0.2) is 42.5 Å². The number of likely N-dealkylation sites (tertiary alicyclic amines) is 1. The number of Topliss-reactive ketones (excluding diaryl/α,β-unsaturated/α-hetero) is 1. The van der Waals surface area contributed by atoms with E-state index in [2.05, 4.69) is 11.8 Å². The zero-order chi connectivity index (χ0) is 24.0. The molecule has 2 aromatic carbocycles. The molecule has 2 aromatic rings. The first-order chi connectivity index (χ1) is 15.8. The highest BCUT2D eigenvalue weighted by atomic mass is 35.5. The Labute approximate surface area is 196 Å². The highest BCUT2D eigenvalue weighted by molar-refractivity contribution is 6.30. The number of nitrogens with zero attached hydrogens (tertiary/aromatic N) is 2. The number of carbonyl (C=O) groups excluding carboxylic acids is 2. The summed E-state index contributed by atoms with van der Waals surface area (Å²) < 4.78 is 13.3. The van der Waals surface area contributed by atoms with E-state index in [4.69, 9.17) is 16.9 Å². The SMILES string of the molecule is N#Cc1cc(C#CCCC(=O)[C@H](O)[C@@H](O)C(=O)N2CCCC2c2cccc(Cl)c2)ccc1F. The van der Waals surface area contributed by atoms with Crippen molar-refractivity contribution in [2.45, 2.75) is 43.9 Å². The number of hydrogen-bond acceptors (Lipinski definition) is 5. The molecule has 0 bridgehead atoms.